The van der Waals surface area contributed by atoms with E-state index in [1.54, 1.807) is 0 Å². The lowest BCUT2D eigenvalue weighted by atomic mass is 9.86. The quantitative estimate of drug-likeness (QED) is 0.927. The van der Waals surface area contributed by atoms with Crippen molar-refractivity contribution >= 4 is 0 Å². The Hall–Kier alpha value is -0.900. The molecule has 0 aliphatic carbocycles. The van der Waals surface area contributed by atoms with Gasteiger partial charge in [-0.05, 0) is 37.1 Å². The van der Waals surface area contributed by atoms with Crippen LogP contribution in [0, 0.1) is 0 Å². The van der Waals surface area contributed by atoms with E-state index in [2.05, 4.69) is 68.9 Å². The van der Waals surface area contributed by atoms with E-state index >= 15 is 0 Å². The second kappa shape index (κ2) is 6.47. The molecule has 0 amide bonds. The molecule has 2 unspecified atom stereocenters. The van der Waals surface area contributed by atoms with Gasteiger partial charge in [0.1, 0.15) is 0 Å². The third-order valence-corrected chi connectivity index (χ3v) is 4.64. The summed E-state index contributed by atoms with van der Waals surface area (Å²) < 4.78 is 0. The van der Waals surface area contributed by atoms with Crippen molar-refractivity contribution in [3.63, 3.8) is 0 Å². The summed E-state index contributed by atoms with van der Waals surface area (Å²) in [6, 6.07) is 8.89. The number of rotatable bonds is 3. The molecule has 3 nitrogen and oxygen atoms in total. The summed E-state index contributed by atoms with van der Waals surface area (Å²) in [6.07, 6.45) is 0.424. The molecule has 1 N–H and O–H groups in total. The number of hydrogen-bond acceptors (Lipinski definition) is 3. The molecule has 0 aromatic heterocycles. The monoisotopic (exact) mass is 290 g/mol. The Morgan fingerprint density at radius 1 is 1.14 bits per heavy atom. The molecule has 21 heavy (non-hydrogen) atoms. The molecule has 2 rings (SSSR count). The first-order valence-electron chi connectivity index (χ1n) is 7.94. The Bertz CT molecular complexity index is 449. The standard InChI is InChI=1S/C18H30N2O/c1-18(2,3)15-8-6-14(7-9-15)17(21)12-16-13-19(4)10-11-20(16)5/h6-9,16-17,21H,10-13H2,1-5H3. The number of piperazine rings is 1. The van der Waals surface area contributed by atoms with Crippen LogP contribution in [0.2, 0.25) is 0 Å². The normalized spacial score (nSPS) is 23.2. The van der Waals surface area contributed by atoms with Gasteiger partial charge in [0.2, 0.25) is 0 Å². The minimum atomic E-state index is -0.377. The average molecular weight is 290 g/mol. The first-order valence-corrected chi connectivity index (χ1v) is 7.94. The van der Waals surface area contributed by atoms with Crippen LogP contribution in [0.3, 0.4) is 0 Å². The zero-order valence-electron chi connectivity index (χ0n) is 14.1. The van der Waals surface area contributed by atoms with Crippen LogP contribution in [-0.2, 0) is 5.41 Å². The molecular formula is C18H30N2O. The Balaban J connectivity index is 2.01. The second-order valence-corrected chi connectivity index (χ2v) is 7.52. The minimum absolute atomic E-state index is 0.162. The SMILES string of the molecule is CN1CCN(C)C(CC(O)c2ccc(C(C)(C)C)cc2)C1. The van der Waals surface area contributed by atoms with Crippen molar-refractivity contribution in [1.29, 1.82) is 0 Å². The molecule has 0 radical (unpaired) electrons. The lowest BCUT2D eigenvalue weighted by Crippen LogP contribution is -2.50. The van der Waals surface area contributed by atoms with Gasteiger partial charge in [0.15, 0.2) is 0 Å². The summed E-state index contributed by atoms with van der Waals surface area (Å²) in [5.74, 6) is 0. The molecule has 1 fully saturated rings. The van der Waals surface area contributed by atoms with Crippen LogP contribution in [0.1, 0.15) is 44.4 Å². The van der Waals surface area contributed by atoms with Crippen LogP contribution in [-0.4, -0.2) is 54.7 Å². The summed E-state index contributed by atoms with van der Waals surface area (Å²) in [5.41, 5.74) is 2.51. The van der Waals surface area contributed by atoms with Crippen molar-refractivity contribution in [2.45, 2.75) is 44.8 Å². The van der Waals surface area contributed by atoms with Crippen molar-refractivity contribution in [3.05, 3.63) is 35.4 Å². The topological polar surface area (TPSA) is 26.7 Å². The fourth-order valence-electron chi connectivity index (χ4n) is 2.96. The van der Waals surface area contributed by atoms with E-state index in [0.717, 1.165) is 31.6 Å². The van der Waals surface area contributed by atoms with Crippen LogP contribution in [0.5, 0.6) is 0 Å². The fraction of sp³-hybridized carbons (Fsp3) is 0.667. The van der Waals surface area contributed by atoms with Gasteiger partial charge >= 0.3 is 0 Å². The van der Waals surface area contributed by atoms with Crippen LogP contribution >= 0.6 is 0 Å². The molecule has 0 spiro atoms. The lowest BCUT2D eigenvalue weighted by molar-refractivity contribution is 0.0635. The third-order valence-electron chi connectivity index (χ3n) is 4.64. The minimum Gasteiger partial charge on any atom is -0.388 e. The van der Waals surface area contributed by atoms with Gasteiger partial charge in [0.05, 0.1) is 6.10 Å². The van der Waals surface area contributed by atoms with Gasteiger partial charge in [0, 0.05) is 25.7 Å². The Labute approximate surface area is 129 Å². The molecule has 1 aliphatic heterocycles. The predicted molar refractivity (Wildman–Crippen MR) is 88.6 cm³/mol. The fourth-order valence-corrected chi connectivity index (χ4v) is 2.96. The van der Waals surface area contributed by atoms with E-state index in [9.17, 15) is 5.11 Å². The molecule has 1 aromatic carbocycles. The van der Waals surface area contributed by atoms with E-state index in [4.69, 9.17) is 0 Å². The smallest absolute Gasteiger partial charge is 0.0805 e. The molecule has 0 saturated carbocycles. The molecule has 1 aliphatic rings. The van der Waals surface area contributed by atoms with Gasteiger partial charge in [-0.15, -0.1) is 0 Å². The Morgan fingerprint density at radius 2 is 1.76 bits per heavy atom. The molecule has 0 bridgehead atoms. The summed E-state index contributed by atoms with van der Waals surface area (Å²) in [4.78, 5) is 4.72. The molecule has 1 aromatic rings. The van der Waals surface area contributed by atoms with Gasteiger partial charge in [-0.2, -0.15) is 0 Å². The third kappa shape index (κ3) is 4.29. The lowest BCUT2D eigenvalue weighted by Gasteiger charge is -2.38. The van der Waals surface area contributed by atoms with E-state index < -0.39 is 0 Å². The predicted octanol–water partition coefficient (Wildman–Crippen LogP) is 2.65. The van der Waals surface area contributed by atoms with Gasteiger partial charge in [-0.25, -0.2) is 0 Å². The molecule has 1 heterocycles. The largest absolute Gasteiger partial charge is 0.388 e. The maximum atomic E-state index is 10.5. The molecule has 3 heteroatoms. The van der Waals surface area contributed by atoms with Crippen LogP contribution in [0.25, 0.3) is 0 Å². The highest BCUT2D eigenvalue weighted by atomic mass is 16.3. The van der Waals surface area contributed by atoms with Gasteiger partial charge in [-0.3, -0.25) is 0 Å². The average Bonchev–Trinajstić information content (AvgIpc) is 2.42. The Kier molecular flexibility index (Phi) is 5.07. The highest BCUT2D eigenvalue weighted by Gasteiger charge is 2.25. The molecule has 118 valence electrons. The maximum Gasteiger partial charge on any atom is 0.0805 e. The van der Waals surface area contributed by atoms with Crippen LogP contribution in [0.4, 0.5) is 0 Å². The number of nitrogens with zero attached hydrogens (tertiary/aromatic N) is 2. The maximum absolute atomic E-state index is 10.5. The van der Waals surface area contributed by atoms with Crippen LogP contribution in [0.15, 0.2) is 24.3 Å². The number of hydrogen-bond donors (Lipinski definition) is 1. The second-order valence-electron chi connectivity index (χ2n) is 7.52. The summed E-state index contributed by atoms with van der Waals surface area (Å²) >= 11 is 0. The van der Waals surface area contributed by atoms with Crippen molar-refractivity contribution in [2.24, 2.45) is 0 Å². The molecule has 1 saturated heterocycles. The van der Waals surface area contributed by atoms with E-state index in [0.29, 0.717) is 6.04 Å². The Morgan fingerprint density at radius 3 is 2.33 bits per heavy atom. The van der Waals surface area contributed by atoms with Crippen molar-refractivity contribution in [1.82, 2.24) is 9.80 Å². The van der Waals surface area contributed by atoms with Gasteiger partial charge in [-0.1, -0.05) is 45.0 Å². The van der Waals surface area contributed by atoms with Crippen molar-refractivity contribution < 1.29 is 5.11 Å². The van der Waals surface area contributed by atoms with E-state index in [1.165, 1.54) is 5.56 Å². The van der Waals surface area contributed by atoms with E-state index in [1.807, 2.05) is 0 Å². The zero-order chi connectivity index (χ0) is 15.6. The highest BCUT2D eigenvalue weighted by molar-refractivity contribution is 5.28. The zero-order valence-corrected chi connectivity index (χ0v) is 14.1. The number of benzene rings is 1. The van der Waals surface area contributed by atoms with Gasteiger partial charge < -0.3 is 14.9 Å². The molecular weight excluding hydrogens is 260 g/mol. The van der Waals surface area contributed by atoms with Gasteiger partial charge in [0.25, 0.3) is 0 Å². The van der Waals surface area contributed by atoms with Crippen molar-refractivity contribution in [3.8, 4) is 0 Å². The highest BCUT2D eigenvalue weighted by Crippen LogP contribution is 2.26. The number of likely N-dealkylation sites (N-methyl/N-ethyl adjacent to an activating group) is 2. The van der Waals surface area contributed by atoms with E-state index in [-0.39, 0.29) is 11.5 Å². The summed E-state index contributed by atoms with van der Waals surface area (Å²) in [7, 11) is 4.32. The number of aliphatic hydroxyl groups is 1. The number of aliphatic hydroxyl groups excluding tert-OH is 1. The van der Waals surface area contributed by atoms with Crippen molar-refractivity contribution in [2.75, 3.05) is 33.7 Å². The summed E-state index contributed by atoms with van der Waals surface area (Å²) in [5, 5.41) is 10.5. The first kappa shape index (κ1) is 16.5. The van der Waals surface area contributed by atoms with Crippen LogP contribution < -0.4 is 0 Å². The molecule has 2 atom stereocenters. The first-order chi connectivity index (χ1) is 9.77. The summed E-state index contributed by atoms with van der Waals surface area (Å²) in [6.45, 7) is 9.87.